The summed E-state index contributed by atoms with van der Waals surface area (Å²) in [5.41, 5.74) is 2.91. The highest BCUT2D eigenvalue weighted by Gasteiger charge is 2.18. The molecule has 0 bridgehead atoms. The summed E-state index contributed by atoms with van der Waals surface area (Å²) in [5, 5.41) is 12.0. The van der Waals surface area contributed by atoms with Gasteiger partial charge in [0.2, 0.25) is 11.8 Å². The molecule has 1 aromatic heterocycles. The first-order chi connectivity index (χ1) is 12.8. The Hall–Kier alpha value is -2.34. The highest BCUT2D eigenvalue weighted by Crippen LogP contribution is 2.18. The van der Waals surface area contributed by atoms with E-state index in [0.717, 1.165) is 23.7 Å². The Morgan fingerprint density at radius 3 is 2.26 bits per heavy atom. The smallest absolute Gasteiger partial charge is 0.249 e. The summed E-state index contributed by atoms with van der Waals surface area (Å²) in [6.07, 6.45) is 1.81. The fraction of sp³-hybridized carbons (Fsp3) is 0.429. The molecule has 0 saturated heterocycles. The summed E-state index contributed by atoms with van der Waals surface area (Å²) in [5.74, 6) is -2.81. The van der Waals surface area contributed by atoms with Crippen molar-refractivity contribution in [2.24, 2.45) is 0 Å². The van der Waals surface area contributed by atoms with Crippen molar-refractivity contribution in [2.75, 3.05) is 0 Å². The monoisotopic (exact) mass is 378 g/mol. The molecule has 1 unspecified atom stereocenters. The average Bonchev–Trinajstić information content (AvgIpc) is 2.66. The molecule has 0 aliphatic heterocycles. The fourth-order valence-corrected chi connectivity index (χ4v) is 2.25. The molecule has 1 amide bonds. The summed E-state index contributed by atoms with van der Waals surface area (Å²) in [7, 11) is 0. The van der Waals surface area contributed by atoms with Gasteiger partial charge in [-0.1, -0.05) is 56.7 Å². The molecular weight excluding hydrogens is 350 g/mol. The Morgan fingerprint density at radius 2 is 1.81 bits per heavy atom. The molecule has 2 rings (SSSR count). The number of nitrogens with zero attached hydrogens (tertiary/aromatic N) is 1. The van der Waals surface area contributed by atoms with Crippen molar-refractivity contribution < 1.29 is 18.7 Å². The number of hydrogen-bond acceptors (Lipinski definition) is 3. The highest BCUT2D eigenvalue weighted by atomic mass is 19.3. The number of aliphatic hydroxyl groups is 1. The number of aromatic nitrogens is 1. The molecule has 2 N–H and O–H groups in total. The third kappa shape index (κ3) is 9.24. The molecule has 27 heavy (non-hydrogen) atoms. The first-order valence-electron chi connectivity index (χ1n) is 9.10. The maximum atomic E-state index is 11.7. The van der Waals surface area contributed by atoms with Gasteiger partial charge in [0.15, 0.2) is 0 Å². The summed E-state index contributed by atoms with van der Waals surface area (Å²) in [6, 6.07) is 13.8. The Labute approximate surface area is 159 Å². The number of hydrogen-bond donors (Lipinski definition) is 2. The van der Waals surface area contributed by atoms with Gasteiger partial charge in [-0.25, -0.2) is 8.78 Å². The van der Waals surface area contributed by atoms with Crippen molar-refractivity contribution in [2.45, 2.75) is 58.6 Å². The topological polar surface area (TPSA) is 62.2 Å². The SMILES string of the molecule is CCC(O)C(=O)NCc1ccc(-c2ccccc2)cn1.CCCC(C)(F)F. The van der Waals surface area contributed by atoms with Gasteiger partial charge in [-0.15, -0.1) is 0 Å². The average molecular weight is 378 g/mol. The number of alkyl halides is 2. The molecule has 0 fully saturated rings. The van der Waals surface area contributed by atoms with Crippen LogP contribution in [0.25, 0.3) is 11.1 Å². The molecule has 1 aromatic carbocycles. The highest BCUT2D eigenvalue weighted by molar-refractivity contribution is 5.80. The molecule has 1 heterocycles. The van der Waals surface area contributed by atoms with Gasteiger partial charge >= 0.3 is 0 Å². The van der Waals surface area contributed by atoms with Crippen LogP contribution in [0.2, 0.25) is 0 Å². The number of amides is 1. The van der Waals surface area contributed by atoms with E-state index >= 15 is 0 Å². The Morgan fingerprint density at radius 1 is 1.15 bits per heavy atom. The standard InChI is InChI=1S/C16H18N2O2.C5H10F2/c1-2-15(19)16(20)18-11-14-9-8-13(10-17-14)12-6-4-3-5-7-12;1-3-4-5(2,6)7/h3-10,15,19H,2,11H2,1H3,(H,18,20);3-4H2,1-2H3. The van der Waals surface area contributed by atoms with Crippen molar-refractivity contribution in [1.82, 2.24) is 10.3 Å². The molecule has 0 aliphatic carbocycles. The van der Waals surface area contributed by atoms with Gasteiger partial charge in [-0.05, 0) is 25.0 Å². The van der Waals surface area contributed by atoms with Crippen LogP contribution >= 0.6 is 0 Å². The van der Waals surface area contributed by atoms with E-state index in [4.69, 9.17) is 0 Å². The normalized spacial score (nSPS) is 11.9. The van der Waals surface area contributed by atoms with Gasteiger partial charge in [-0.3, -0.25) is 9.78 Å². The Bertz CT molecular complexity index is 671. The van der Waals surface area contributed by atoms with Gasteiger partial charge in [0, 0.05) is 18.2 Å². The Balaban J connectivity index is 0.000000445. The first-order valence-corrected chi connectivity index (χ1v) is 9.10. The summed E-state index contributed by atoms with van der Waals surface area (Å²) in [6.45, 7) is 4.77. The number of rotatable bonds is 7. The van der Waals surface area contributed by atoms with Crippen LogP contribution in [0.4, 0.5) is 8.78 Å². The van der Waals surface area contributed by atoms with Crippen LogP contribution in [-0.4, -0.2) is 28.0 Å². The molecule has 2 aromatic rings. The van der Waals surface area contributed by atoms with Crippen LogP contribution in [0.15, 0.2) is 48.7 Å². The number of halogens is 2. The van der Waals surface area contributed by atoms with Crippen molar-refractivity contribution in [1.29, 1.82) is 0 Å². The lowest BCUT2D eigenvalue weighted by Crippen LogP contribution is -2.33. The van der Waals surface area contributed by atoms with Gasteiger partial charge in [0.1, 0.15) is 6.10 Å². The quantitative estimate of drug-likeness (QED) is 0.741. The lowest BCUT2D eigenvalue weighted by atomic mass is 10.1. The third-order valence-electron chi connectivity index (χ3n) is 3.75. The predicted octanol–water partition coefficient (Wildman–Crippen LogP) is 4.58. The van der Waals surface area contributed by atoms with Gasteiger partial charge in [0.25, 0.3) is 0 Å². The molecule has 4 nitrogen and oxygen atoms in total. The molecule has 6 heteroatoms. The second-order valence-corrected chi connectivity index (χ2v) is 6.37. The van der Waals surface area contributed by atoms with E-state index in [1.807, 2.05) is 42.5 Å². The number of aliphatic hydroxyl groups excluding tert-OH is 1. The van der Waals surface area contributed by atoms with E-state index in [1.54, 1.807) is 20.0 Å². The van der Waals surface area contributed by atoms with E-state index in [-0.39, 0.29) is 12.3 Å². The van der Waals surface area contributed by atoms with E-state index in [1.165, 1.54) is 0 Å². The first kappa shape index (κ1) is 22.7. The van der Waals surface area contributed by atoms with Crippen LogP contribution in [-0.2, 0) is 11.3 Å². The van der Waals surface area contributed by atoms with Crippen LogP contribution in [0.1, 0.15) is 45.7 Å². The predicted molar refractivity (Wildman–Crippen MR) is 103 cm³/mol. The summed E-state index contributed by atoms with van der Waals surface area (Å²) >= 11 is 0. The van der Waals surface area contributed by atoms with Crippen molar-refractivity contribution in [3.63, 3.8) is 0 Å². The minimum Gasteiger partial charge on any atom is -0.383 e. The van der Waals surface area contributed by atoms with Crippen molar-refractivity contribution in [3.05, 3.63) is 54.4 Å². The number of nitrogens with one attached hydrogen (secondary N) is 1. The van der Waals surface area contributed by atoms with Gasteiger partial charge in [0.05, 0.1) is 12.2 Å². The lowest BCUT2D eigenvalue weighted by Gasteiger charge is -2.09. The van der Waals surface area contributed by atoms with E-state index in [0.29, 0.717) is 19.4 Å². The van der Waals surface area contributed by atoms with Gasteiger partial charge in [-0.2, -0.15) is 0 Å². The zero-order chi connectivity index (χ0) is 20.3. The van der Waals surface area contributed by atoms with Crippen LogP contribution < -0.4 is 5.32 Å². The minimum atomic E-state index is -2.45. The summed E-state index contributed by atoms with van der Waals surface area (Å²) in [4.78, 5) is 15.8. The molecule has 0 aliphatic rings. The maximum Gasteiger partial charge on any atom is 0.249 e. The second kappa shape index (κ2) is 11.4. The number of benzene rings is 1. The van der Waals surface area contributed by atoms with Crippen molar-refractivity contribution >= 4 is 5.91 Å². The largest absolute Gasteiger partial charge is 0.383 e. The van der Waals surface area contributed by atoms with E-state index in [2.05, 4.69) is 10.3 Å². The molecule has 0 radical (unpaired) electrons. The molecule has 148 valence electrons. The van der Waals surface area contributed by atoms with Gasteiger partial charge < -0.3 is 10.4 Å². The minimum absolute atomic E-state index is 0.00694. The molecule has 0 saturated carbocycles. The zero-order valence-electron chi connectivity index (χ0n) is 16.1. The maximum absolute atomic E-state index is 11.7. The lowest BCUT2D eigenvalue weighted by molar-refractivity contribution is -0.129. The molecule has 1 atom stereocenters. The summed E-state index contributed by atoms with van der Waals surface area (Å²) < 4.78 is 23.4. The molecular formula is C21H28F2N2O2. The van der Waals surface area contributed by atoms with Crippen LogP contribution in [0, 0.1) is 0 Å². The fourth-order valence-electron chi connectivity index (χ4n) is 2.25. The van der Waals surface area contributed by atoms with Crippen LogP contribution in [0.3, 0.4) is 0 Å². The van der Waals surface area contributed by atoms with E-state index < -0.39 is 12.0 Å². The van der Waals surface area contributed by atoms with Crippen molar-refractivity contribution in [3.8, 4) is 11.1 Å². The number of carbonyl (C=O) groups excluding carboxylic acids is 1. The van der Waals surface area contributed by atoms with E-state index in [9.17, 15) is 18.7 Å². The molecule has 0 spiro atoms. The Kier molecular flexibility index (Phi) is 9.58. The number of pyridine rings is 1. The number of carbonyl (C=O) groups is 1. The third-order valence-corrected chi connectivity index (χ3v) is 3.75. The second-order valence-electron chi connectivity index (χ2n) is 6.37. The van der Waals surface area contributed by atoms with Crippen LogP contribution in [0.5, 0.6) is 0 Å². The zero-order valence-corrected chi connectivity index (χ0v) is 16.1.